The number of fused-ring (bicyclic) bond motifs is 1. The van der Waals surface area contributed by atoms with Gasteiger partial charge < -0.3 is 9.88 Å². The maximum atomic E-state index is 12.8. The third-order valence-corrected chi connectivity index (χ3v) is 7.75. The molecule has 29 heavy (non-hydrogen) atoms. The highest BCUT2D eigenvalue weighted by atomic mass is 32.2. The van der Waals surface area contributed by atoms with Crippen LogP contribution in [0.1, 0.15) is 33.8 Å². The number of rotatable bonds is 5. The van der Waals surface area contributed by atoms with Crippen molar-refractivity contribution in [1.29, 1.82) is 0 Å². The van der Waals surface area contributed by atoms with E-state index in [0.29, 0.717) is 20.7 Å². The number of hydrogen-bond donors (Lipinski definition) is 1. The fourth-order valence-electron chi connectivity index (χ4n) is 2.91. The van der Waals surface area contributed by atoms with Gasteiger partial charge in [-0.15, -0.1) is 11.3 Å². The van der Waals surface area contributed by atoms with Crippen LogP contribution < -0.4 is 10.9 Å². The normalized spacial score (nSPS) is 13.0. The predicted molar refractivity (Wildman–Crippen MR) is 113 cm³/mol. The number of amides is 1. The average Bonchev–Trinajstić information content (AvgIpc) is 3.02. The highest BCUT2D eigenvalue weighted by molar-refractivity contribution is 7.89. The zero-order valence-electron chi connectivity index (χ0n) is 16.8. The van der Waals surface area contributed by atoms with Gasteiger partial charge in [-0.2, -0.15) is 0 Å². The molecule has 0 radical (unpaired) electrons. The molecule has 2 aromatic heterocycles. The Hall–Kier alpha value is -2.56. The molecular weight excluding hydrogens is 412 g/mol. The second kappa shape index (κ2) is 7.69. The van der Waals surface area contributed by atoms with E-state index in [1.807, 2.05) is 6.92 Å². The van der Waals surface area contributed by atoms with Gasteiger partial charge in [0.2, 0.25) is 10.0 Å². The summed E-state index contributed by atoms with van der Waals surface area (Å²) in [5, 5.41) is 3.36. The number of aryl methyl sites for hydroxylation is 2. The summed E-state index contributed by atoms with van der Waals surface area (Å²) in [5.74, 6) is -0.301. The van der Waals surface area contributed by atoms with E-state index in [4.69, 9.17) is 0 Å². The molecule has 0 aliphatic rings. The molecule has 1 atom stereocenters. The second-order valence-corrected chi connectivity index (χ2v) is 10.1. The van der Waals surface area contributed by atoms with Crippen molar-refractivity contribution >= 4 is 37.5 Å². The van der Waals surface area contributed by atoms with E-state index in [-0.39, 0.29) is 22.4 Å². The van der Waals surface area contributed by atoms with Crippen LogP contribution in [0.3, 0.4) is 0 Å². The fraction of sp³-hybridized carbons (Fsp3) is 0.316. The number of hydrogen-bond acceptors (Lipinski definition) is 6. The highest BCUT2D eigenvalue weighted by Gasteiger charge is 2.21. The van der Waals surface area contributed by atoms with E-state index in [0.717, 1.165) is 9.87 Å². The lowest BCUT2D eigenvalue weighted by Crippen LogP contribution is -2.27. The SMILES string of the molecule is Cc1c(C(=O)NC(C)c2ccc(S(=O)(=O)N(C)C)cc2)sc2ncn(C)c(=O)c12. The standard InChI is InChI=1S/C19H22N4O4S2/c1-11-15-18(20-10-23(5)19(15)25)28-16(11)17(24)21-12(2)13-6-8-14(9-7-13)29(26,27)22(3)4/h6-10,12H,1-5H3,(H,21,24). The molecule has 10 heteroatoms. The van der Waals surface area contributed by atoms with E-state index in [1.165, 1.54) is 48.5 Å². The summed E-state index contributed by atoms with van der Waals surface area (Å²) in [5.41, 5.74) is 1.19. The minimum absolute atomic E-state index is 0.187. The van der Waals surface area contributed by atoms with E-state index < -0.39 is 10.0 Å². The number of thiophene rings is 1. The lowest BCUT2D eigenvalue weighted by atomic mass is 10.1. The monoisotopic (exact) mass is 434 g/mol. The molecule has 0 aliphatic carbocycles. The Morgan fingerprint density at radius 3 is 2.45 bits per heavy atom. The van der Waals surface area contributed by atoms with Crippen molar-refractivity contribution in [2.75, 3.05) is 14.1 Å². The largest absolute Gasteiger partial charge is 0.345 e. The average molecular weight is 435 g/mol. The van der Waals surface area contributed by atoms with Crippen molar-refractivity contribution in [3.63, 3.8) is 0 Å². The van der Waals surface area contributed by atoms with Crippen LogP contribution in [0.4, 0.5) is 0 Å². The Morgan fingerprint density at radius 1 is 1.24 bits per heavy atom. The summed E-state index contributed by atoms with van der Waals surface area (Å²) in [6.07, 6.45) is 1.44. The Labute approximate surface area is 172 Å². The van der Waals surface area contributed by atoms with Crippen LogP contribution >= 0.6 is 11.3 Å². The van der Waals surface area contributed by atoms with Crippen molar-refractivity contribution in [3.05, 3.63) is 57.0 Å². The van der Waals surface area contributed by atoms with Gasteiger partial charge in [0.05, 0.1) is 27.5 Å². The molecule has 8 nitrogen and oxygen atoms in total. The highest BCUT2D eigenvalue weighted by Crippen LogP contribution is 2.27. The lowest BCUT2D eigenvalue weighted by molar-refractivity contribution is 0.0943. The molecule has 0 fully saturated rings. The van der Waals surface area contributed by atoms with Crippen molar-refractivity contribution in [2.24, 2.45) is 7.05 Å². The Bertz CT molecular complexity index is 1240. The molecule has 1 amide bonds. The Kier molecular flexibility index (Phi) is 5.61. The summed E-state index contributed by atoms with van der Waals surface area (Å²) in [4.78, 5) is 30.5. The first kappa shape index (κ1) is 21.2. The summed E-state index contributed by atoms with van der Waals surface area (Å²) in [6, 6.07) is 6.04. The van der Waals surface area contributed by atoms with Crippen LogP contribution in [0.5, 0.6) is 0 Å². The molecule has 3 rings (SSSR count). The second-order valence-electron chi connectivity index (χ2n) is 6.95. The van der Waals surface area contributed by atoms with Crippen LogP contribution in [0.15, 0.2) is 40.3 Å². The van der Waals surface area contributed by atoms with Crippen molar-refractivity contribution in [3.8, 4) is 0 Å². The first-order chi connectivity index (χ1) is 13.5. The lowest BCUT2D eigenvalue weighted by Gasteiger charge is -2.16. The van der Waals surface area contributed by atoms with Gasteiger partial charge in [0.15, 0.2) is 0 Å². The first-order valence-electron chi connectivity index (χ1n) is 8.82. The quantitative estimate of drug-likeness (QED) is 0.662. The van der Waals surface area contributed by atoms with Gasteiger partial charge in [-0.25, -0.2) is 17.7 Å². The van der Waals surface area contributed by atoms with Crippen molar-refractivity contribution in [1.82, 2.24) is 19.2 Å². The molecule has 2 heterocycles. The molecule has 1 aromatic carbocycles. The van der Waals surface area contributed by atoms with Crippen molar-refractivity contribution < 1.29 is 13.2 Å². The Morgan fingerprint density at radius 2 is 1.86 bits per heavy atom. The zero-order valence-corrected chi connectivity index (χ0v) is 18.4. The number of carbonyl (C=O) groups is 1. The minimum Gasteiger partial charge on any atom is -0.345 e. The minimum atomic E-state index is -3.50. The molecule has 3 aromatic rings. The summed E-state index contributed by atoms with van der Waals surface area (Å²) < 4.78 is 26.9. The van der Waals surface area contributed by atoms with Crippen LogP contribution in [0.25, 0.3) is 10.2 Å². The number of nitrogens with one attached hydrogen (secondary N) is 1. The van der Waals surface area contributed by atoms with Gasteiger partial charge in [0.1, 0.15) is 4.83 Å². The number of nitrogens with zero attached hydrogens (tertiary/aromatic N) is 3. The topological polar surface area (TPSA) is 101 Å². The molecule has 0 spiro atoms. The van der Waals surface area contributed by atoms with Gasteiger partial charge in [-0.1, -0.05) is 12.1 Å². The van der Waals surface area contributed by atoms with E-state index in [9.17, 15) is 18.0 Å². The smallest absolute Gasteiger partial charge is 0.262 e. The molecule has 0 saturated heterocycles. The van der Waals surface area contributed by atoms with Crippen LogP contribution in [-0.4, -0.2) is 42.3 Å². The predicted octanol–water partition coefficient (Wildman–Crippen LogP) is 2.04. The van der Waals surface area contributed by atoms with Crippen LogP contribution in [0, 0.1) is 6.92 Å². The zero-order chi connectivity index (χ0) is 21.5. The van der Waals surface area contributed by atoms with E-state index >= 15 is 0 Å². The first-order valence-corrected chi connectivity index (χ1v) is 11.1. The summed E-state index contributed by atoms with van der Waals surface area (Å²) in [7, 11) is 1.06. The van der Waals surface area contributed by atoms with Crippen LogP contribution in [0.2, 0.25) is 0 Å². The molecule has 0 aliphatic heterocycles. The van der Waals surface area contributed by atoms with Gasteiger partial charge in [-0.05, 0) is 37.1 Å². The van der Waals surface area contributed by atoms with Gasteiger partial charge in [0, 0.05) is 21.1 Å². The molecule has 1 N–H and O–H groups in total. The molecule has 154 valence electrons. The third-order valence-electron chi connectivity index (χ3n) is 4.72. The third kappa shape index (κ3) is 3.83. The molecular formula is C19H22N4O4S2. The van der Waals surface area contributed by atoms with Gasteiger partial charge >= 0.3 is 0 Å². The maximum Gasteiger partial charge on any atom is 0.262 e. The molecule has 0 saturated carbocycles. The molecule has 1 unspecified atom stereocenters. The van der Waals surface area contributed by atoms with E-state index in [1.54, 1.807) is 26.1 Å². The van der Waals surface area contributed by atoms with Crippen LogP contribution in [-0.2, 0) is 17.1 Å². The number of aromatic nitrogens is 2. The Balaban J connectivity index is 1.84. The fourth-order valence-corrected chi connectivity index (χ4v) is 4.85. The number of carbonyl (C=O) groups excluding carboxylic acids is 1. The maximum absolute atomic E-state index is 12.8. The number of sulfonamides is 1. The van der Waals surface area contributed by atoms with Gasteiger partial charge in [-0.3, -0.25) is 9.59 Å². The molecule has 0 bridgehead atoms. The van der Waals surface area contributed by atoms with Gasteiger partial charge in [0.25, 0.3) is 11.5 Å². The van der Waals surface area contributed by atoms with E-state index in [2.05, 4.69) is 10.3 Å². The van der Waals surface area contributed by atoms with Crippen molar-refractivity contribution in [2.45, 2.75) is 24.8 Å². The summed E-state index contributed by atoms with van der Waals surface area (Å²) in [6.45, 7) is 3.55. The summed E-state index contributed by atoms with van der Waals surface area (Å²) >= 11 is 1.18. The number of benzene rings is 1.